The number of amides is 1. The molecule has 2 aromatic rings. The third-order valence-corrected chi connectivity index (χ3v) is 4.26. The molecule has 120 valence electrons. The molecule has 1 aliphatic rings. The summed E-state index contributed by atoms with van der Waals surface area (Å²) in [5.74, 6) is 0.155. The number of carbonyl (C=O) groups is 1. The van der Waals surface area contributed by atoms with Gasteiger partial charge in [-0.15, -0.1) is 0 Å². The van der Waals surface area contributed by atoms with Crippen molar-refractivity contribution in [2.75, 3.05) is 6.61 Å². The minimum absolute atomic E-state index is 0.0764. The summed E-state index contributed by atoms with van der Waals surface area (Å²) in [6.07, 6.45) is 0.595. The van der Waals surface area contributed by atoms with E-state index in [-0.39, 0.29) is 23.7 Å². The van der Waals surface area contributed by atoms with Gasteiger partial charge in [-0.1, -0.05) is 23.7 Å². The summed E-state index contributed by atoms with van der Waals surface area (Å²) in [6.45, 7) is 2.22. The van der Waals surface area contributed by atoms with Gasteiger partial charge in [0.2, 0.25) is 5.91 Å². The number of ether oxygens (including phenoxy) is 1. The number of rotatable bonds is 3. The zero-order chi connectivity index (χ0) is 16.4. The number of halogens is 2. The van der Waals surface area contributed by atoms with E-state index in [0.29, 0.717) is 18.1 Å². The van der Waals surface area contributed by atoms with Gasteiger partial charge in [0.1, 0.15) is 18.2 Å². The van der Waals surface area contributed by atoms with Crippen molar-refractivity contribution in [3.05, 3.63) is 64.4 Å². The maximum Gasteiger partial charge on any atom is 0.227 e. The second-order valence-electron chi connectivity index (χ2n) is 5.75. The zero-order valence-corrected chi connectivity index (χ0v) is 13.4. The van der Waals surface area contributed by atoms with E-state index in [9.17, 15) is 9.18 Å². The van der Waals surface area contributed by atoms with Gasteiger partial charge in [0.05, 0.1) is 12.0 Å². The van der Waals surface area contributed by atoms with Crippen LogP contribution in [0.25, 0.3) is 0 Å². The second kappa shape index (κ2) is 6.59. The third-order valence-electron chi connectivity index (χ3n) is 4.03. The highest BCUT2D eigenvalue weighted by Gasteiger charge is 2.27. The molecule has 2 aromatic carbocycles. The Labute approximate surface area is 139 Å². The van der Waals surface area contributed by atoms with Crippen LogP contribution in [0.5, 0.6) is 5.75 Å². The topological polar surface area (TPSA) is 38.3 Å². The van der Waals surface area contributed by atoms with Crippen molar-refractivity contribution < 1.29 is 13.9 Å². The summed E-state index contributed by atoms with van der Waals surface area (Å²) in [7, 11) is 0. The smallest absolute Gasteiger partial charge is 0.227 e. The molecule has 1 aliphatic heterocycles. The molecule has 0 spiro atoms. The Balaban J connectivity index is 1.66. The fourth-order valence-corrected chi connectivity index (χ4v) is 2.89. The Bertz CT molecular complexity index is 717. The van der Waals surface area contributed by atoms with Crippen molar-refractivity contribution in [2.24, 2.45) is 5.92 Å². The number of carbonyl (C=O) groups excluding carboxylic acids is 1. The summed E-state index contributed by atoms with van der Waals surface area (Å²) in [6, 6.07) is 11.4. The fourth-order valence-electron chi connectivity index (χ4n) is 2.70. The lowest BCUT2D eigenvalue weighted by molar-refractivity contribution is -0.126. The normalized spacial score (nSPS) is 17.8. The first-order valence-electron chi connectivity index (χ1n) is 7.50. The van der Waals surface area contributed by atoms with Crippen LogP contribution in [-0.2, 0) is 11.2 Å². The average molecular weight is 334 g/mol. The number of fused-ring (bicyclic) bond motifs is 1. The zero-order valence-electron chi connectivity index (χ0n) is 12.7. The third kappa shape index (κ3) is 3.64. The summed E-state index contributed by atoms with van der Waals surface area (Å²) in [4.78, 5) is 12.4. The lowest BCUT2D eigenvalue weighted by Gasteiger charge is -2.26. The number of hydrogen-bond acceptors (Lipinski definition) is 2. The highest BCUT2D eigenvalue weighted by molar-refractivity contribution is 6.30. The Kier molecular flexibility index (Phi) is 4.53. The fraction of sp³-hybridized carbons (Fsp3) is 0.278. The summed E-state index contributed by atoms with van der Waals surface area (Å²) >= 11 is 5.99. The van der Waals surface area contributed by atoms with Gasteiger partial charge in [0.25, 0.3) is 0 Å². The van der Waals surface area contributed by atoms with Crippen molar-refractivity contribution in [1.82, 2.24) is 5.32 Å². The van der Waals surface area contributed by atoms with Crippen LogP contribution in [0.4, 0.5) is 4.39 Å². The molecule has 1 heterocycles. The first-order chi connectivity index (χ1) is 11.0. The van der Waals surface area contributed by atoms with Gasteiger partial charge in [0, 0.05) is 5.02 Å². The molecule has 1 amide bonds. The second-order valence-corrected chi connectivity index (χ2v) is 6.18. The number of hydrogen-bond donors (Lipinski definition) is 1. The van der Waals surface area contributed by atoms with E-state index in [1.165, 1.54) is 12.1 Å². The van der Waals surface area contributed by atoms with Crippen LogP contribution in [0.15, 0.2) is 42.5 Å². The van der Waals surface area contributed by atoms with Crippen LogP contribution in [0.1, 0.15) is 24.1 Å². The van der Waals surface area contributed by atoms with E-state index < -0.39 is 0 Å². The molecule has 23 heavy (non-hydrogen) atoms. The standard InChI is InChI=1S/C18H17ClFNO2/c1-11(12-2-5-16(20)6-3-12)21-18(22)14-8-13-9-15(19)4-7-17(13)23-10-14/h2-7,9,11,14H,8,10H2,1H3,(H,21,22)/t11-,14+/m0/s1. The van der Waals surface area contributed by atoms with Crippen molar-refractivity contribution >= 4 is 17.5 Å². The molecule has 3 rings (SSSR count). The van der Waals surface area contributed by atoms with Gasteiger partial charge in [-0.3, -0.25) is 4.79 Å². The van der Waals surface area contributed by atoms with Gasteiger partial charge >= 0.3 is 0 Å². The molecule has 0 fully saturated rings. The molecule has 0 aromatic heterocycles. The molecule has 0 saturated heterocycles. The van der Waals surface area contributed by atoms with Gasteiger partial charge in [0.15, 0.2) is 0 Å². The molecule has 3 nitrogen and oxygen atoms in total. The van der Waals surface area contributed by atoms with E-state index in [1.807, 2.05) is 19.1 Å². The van der Waals surface area contributed by atoms with Gasteiger partial charge in [-0.25, -0.2) is 4.39 Å². The first kappa shape index (κ1) is 15.8. The van der Waals surface area contributed by atoms with E-state index in [4.69, 9.17) is 16.3 Å². The van der Waals surface area contributed by atoms with Crippen molar-refractivity contribution in [2.45, 2.75) is 19.4 Å². The average Bonchev–Trinajstić information content (AvgIpc) is 2.54. The summed E-state index contributed by atoms with van der Waals surface area (Å²) in [5.41, 5.74) is 1.80. The predicted octanol–water partition coefficient (Wildman–Crippen LogP) is 3.91. The molecule has 1 N–H and O–H groups in total. The highest BCUT2D eigenvalue weighted by atomic mass is 35.5. The first-order valence-corrected chi connectivity index (χ1v) is 7.88. The van der Waals surface area contributed by atoms with Crippen LogP contribution in [0.3, 0.4) is 0 Å². The Morgan fingerprint density at radius 2 is 2.04 bits per heavy atom. The molecule has 0 aliphatic carbocycles. The monoisotopic (exact) mass is 333 g/mol. The van der Waals surface area contributed by atoms with E-state index in [0.717, 1.165) is 16.9 Å². The van der Waals surface area contributed by atoms with Gasteiger partial charge in [-0.2, -0.15) is 0 Å². The Hall–Kier alpha value is -2.07. The van der Waals surface area contributed by atoms with Crippen molar-refractivity contribution in [1.29, 1.82) is 0 Å². The maximum atomic E-state index is 13.0. The number of benzene rings is 2. The molecule has 0 unspecified atom stereocenters. The van der Waals surface area contributed by atoms with Crippen molar-refractivity contribution in [3.8, 4) is 5.75 Å². The van der Waals surface area contributed by atoms with Crippen LogP contribution in [0, 0.1) is 11.7 Å². The van der Waals surface area contributed by atoms with E-state index in [1.54, 1.807) is 18.2 Å². The van der Waals surface area contributed by atoms with E-state index >= 15 is 0 Å². The minimum atomic E-state index is -0.290. The van der Waals surface area contributed by atoms with Crippen molar-refractivity contribution in [3.63, 3.8) is 0 Å². The van der Waals surface area contributed by atoms with Crippen LogP contribution < -0.4 is 10.1 Å². The molecular weight excluding hydrogens is 317 g/mol. The molecule has 0 bridgehead atoms. The summed E-state index contributed by atoms with van der Waals surface area (Å²) < 4.78 is 18.6. The molecule has 0 saturated carbocycles. The number of nitrogens with one attached hydrogen (secondary N) is 1. The van der Waals surface area contributed by atoms with Gasteiger partial charge < -0.3 is 10.1 Å². The van der Waals surface area contributed by atoms with Crippen LogP contribution >= 0.6 is 11.6 Å². The predicted molar refractivity (Wildman–Crippen MR) is 87.1 cm³/mol. The molecule has 2 atom stereocenters. The maximum absolute atomic E-state index is 13.0. The summed E-state index contributed by atoms with van der Waals surface area (Å²) in [5, 5.41) is 3.59. The minimum Gasteiger partial charge on any atom is -0.492 e. The lowest BCUT2D eigenvalue weighted by Crippen LogP contribution is -2.38. The largest absolute Gasteiger partial charge is 0.492 e. The van der Waals surface area contributed by atoms with E-state index in [2.05, 4.69) is 5.32 Å². The van der Waals surface area contributed by atoms with Crippen LogP contribution in [0.2, 0.25) is 5.02 Å². The highest BCUT2D eigenvalue weighted by Crippen LogP contribution is 2.30. The Morgan fingerprint density at radius 1 is 1.30 bits per heavy atom. The molecule has 5 heteroatoms. The SMILES string of the molecule is C[C@H](NC(=O)[C@H]1COc2ccc(Cl)cc2C1)c1ccc(F)cc1. The molecule has 0 radical (unpaired) electrons. The van der Waals surface area contributed by atoms with Crippen LogP contribution in [-0.4, -0.2) is 12.5 Å². The Morgan fingerprint density at radius 3 is 2.78 bits per heavy atom. The lowest BCUT2D eigenvalue weighted by atomic mass is 9.95. The quantitative estimate of drug-likeness (QED) is 0.925. The molecular formula is C18H17ClFNO2. The van der Waals surface area contributed by atoms with Gasteiger partial charge in [-0.05, 0) is 54.8 Å².